The molecule has 32 heteroatoms. The fourth-order valence-corrected chi connectivity index (χ4v) is 12.6. The van der Waals surface area contributed by atoms with Crippen LogP contribution >= 0.6 is 0 Å². The summed E-state index contributed by atoms with van der Waals surface area (Å²) in [4.78, 5) is 113. The molecule has 0 aliphatic rings. The number of aromatic nitrogens is 12. The summed E-state index contributed by atoms with van der Waals surface area (Å²) >= 11 is 0. The van der Waals surface area contributed by atoms with Gasteiger partial charge in [-0.25, -0.2) is 19.7 Å². The van der Waals surface area contributed by atoms with Crippen molar-refractivity contribution in [2.45, 2.75) is 143 Å². The Kier molecular flexibility index (Phi) is 26.5. The van der Waals surface area contributed by atoms with E-state index in [4.69, 9.17) is 33.4 Å². The van der Waals surface area contributed by atoms with Gasteiger partial charge >= 0.3 is 6.09 Å². The predicted octanol–water partition coefficient (Wildman–Crippen LogP) is 9.88. The molecule has 12 rings (SSSR count). The maximum absolute atomic E-state index is 13.2. The molecule has 0 unspecified atom stereocenters. The first-order valence-electron chi connectivity index (χ1n) is 34.8. The summed E-state index contributed by atoms with van der Waals surface area (Å²) in [6.45, 7) is 23.2. The molecular weight excluding hydrogens is 1450 g/mol. The molecule has 0 atom stereocenters. The average molecular weight is 1540 g/mol. The van der Waals surface area contributed by atoms with Gasteiger partial charge in [-0.2, -0.15) is 31.1 Å². The number of nitrogens with one attached hydrogen (secondary N) is 4. The second-order valence-electron chi connectivity index (χ2n) is 27.8. The number of carbonyl (C=O) groups excluding carboxylic acids is 7. The van der Waals surface area contributed by atoms with Gasteiger partial charge < -0.3 is 49.4 Å². The molecule has 114 heavy (non-hydrogen) atoms. The molecule has 584 valence electrons. The van der Waals surface area contributed by atoms with E-state index in [1.807, 2.05) is 91.8 Å². The number of nitrogen functional groups attached to an aromatic ring is 2. The van der Waals surface area contributed by atoms with Gasteiger partial charge in [-0.3, -0.25) is 63.1 Å². The average Bonchev–Trinajstić information content (AvgIpc) is 1.24. The van der Waals surface area contributed by atoms with Gasteiger partial charge in [-0.1, -0.05) is 14.9 Å². The van der Waals surface area contributed by atoms with E-state index in [9.17, 15) is 49.3 Å². The number of rotatable bonds is 19. The quantitative estimate of drug-likeness (QED) is 0.0363. The molecule has 9 heterocycles. The van der Waals surface area contributed by atoms with Crippen LogP contribution in [-0.2, 0) is 44.0 Å². The fraction of sp³-hybridized carbons (Fsp3) is 0.256. The van der Waals surface area contributed by atoms with Crippen LogP contribution in [0.2, 0.25) is 0 Å². The Labute approximate surface area is 657 Å². The lowest BCUT2D eigenvalue weighted by Crippen LogP contribution is -2.28. The first-order valence-corrected chi connectivity index (χ1v) is 34.8. The van der Waals surface area contributed by atoms with Crippen LogP contribution in [0, 0.1) is 96.3 Å². The fourth-order valence-electron chi connectivity index (χ4n) is 12.6. The highest BCUT2D eigenvalue weighted by molar-refractivity contribution is 6.07. The standard InChI is InChI=1S/C30H32N8O4.2C25H24N8O2.2CH4/c1-16-7-20-9-19(10-21(11-31)25(20)33-12-16)14-38-15-23(26(37-38)27(32)39)28(40)34-13-22-17(2)8-24(35-18(22)3)36-29(41)42-30(4,5)6;2*1-13-4-17-6-16(7-18(8-26)22(17)29-9-13)11-33-12-20(23(32-33)24(28)34)25(35)30-10-19-14(2)5-21(27)31-15(19)3;;/h7-10,12,15H,13-14H2,1-6H3,(H2,32,39)(H,34,40)(H,35,36,41);2*4-7,9,12H,10-11H2,1-3H3,(H2,27,31)(H2,28,34)(H,30,35);2*1H4. The molecule has 0 saturated heterocycles. The van der Waals surface area contributed by atoms with Crippen molar-refractivity contribution >= 4 is 91.7 Å². The maximum Gasteiger partial charge on any atom is 0.413 e. The minimum atomic E-state index is -0.846. The van der Waals surface area contributed by atoms with Crippen LogP contribution in [-0.4, -0.2) is 106 Å². The smallest absolute Gasteiger partial charge is 0.413 e. The first-order chi connectivity index (χ1) is 53.0. The third kappa shape index (κ3) is 20.3. The van der Waals surface area contributed by atoms with Gasteiger partial charge in [0.1, 0.15) is 41.3 Å². The Bertz CT molecular complexity index is 5670. The lowest BCUT2D eigenvalue weighted by Gasteiger charge is -2.20. The largest absolute Gasteiger partial charge is 0.444 e. The van der Waals surface area contributed by atoms with Gasteiger partial charge in [-0.05, 0) is 223 Å². The van der Waals surface area contributed by atoms with Crippen LogP contribution in [0.1, 0.15) is 199 Å². The molecule has 0 spiro atoms. The van der Waals surface area contributed by atoms with E-state index in [0.717, 1.165) is 82.9 Å². The molecule has 0 aliphatic heterocycles. The number of hydrogen-bond donors (Lipinski definition) is 9. The molecule has 0 bridgehead atoms. The SMILES string of the molecule is C.C.Cc1cnc2c(C#N)cc(Cn3cc(C(=O)NCc4c(C)cc(N)nc4C)c(C(N)=O)n3)cc2c1.Cc1cnc2c(C#N)cc(Cn3cc(C(=O)NCc4c(C)cc(N)nc4C)c(C(N)=O)n3)cc2c1.Cc1cnc2c(C#N)cc(Cn3cc(C(=O)NCc4c(C)cc(NC(=O)OC(C)(C)C)nc4C)c(C(N)=O)n3)cc2c1. The number of fused-ring (bicyclic) bond motifs is 3. The van der Waals surface area contributed by atoms with E-state index >= 15 is 0 Å². The number of benzene rings is 3. The van der Waals surface area contributed by atoms with Crippen molar-refractivity contribution in [3.63, 3.8) is 0 Å². The number of primary amides is 3. The number of pyridine rings is 6. The minimum Gasteiger partial charge on any atom is -0.444 e. The van der Waals surface area contributed by atoms with Gasteiger partial charge in [-0.15, -0.1) is 0 Å². The number of anilines is 3. The van der Waals surface area contributed by atoms with Crippen LogP contribution in [0.5, 0.6) is 0 Å². The van der Waals surface area contributed by atoms with Crippen molar-refractivity contribution in [1.29, 1.82) is 15.8 Å². The van der Waals surface area contributed by atoms with E-state index in [2.05, 4.69) is 84.7 Å². The number of nitriles is 3. The number of nitrogens with two attached hydrogens (primary N) is 5. The van der Waals surface area contributed by atoms with Gasteiger partial charge in [0.05, 0.1) is 69.6 Å². The number of amides is 7. The van der Waals surface area contributed by atoms with Gasteiger partial charge in [0.15, 0.2) is 17.1 Å². The van der Waals surface area contributed by atoms with Crippen molar-refractivity contribution in [3.05, 3.63) is 244 Å². The highest BCUT2D eigenvalue weighted by Crippen LogP contribution is 2.27. The van der Waals surface area contributed by atoms with E-state index in [1.54, 1.807) is 82.7 Å². The van der Waals surface area contributed by atoms with E-state index in [0.29, 0.717) is 67.8 Å². The maximum atomic E-state index is 13.2. The second kappa shape index (κ2) is 35.7. The Hall–Kier alpha value is -14.9. The van der Waals surface area contributed by atoms with Crippen LogP contribution in [0.4, 0.5) is 22.2 Å². The normalized spacial score (nSPS) is 10.7. The molecule has 0 aliphatic carbocycles. The van der Waals surface area contributed by atoms with Gasteiger partial charge in [0.2, 0.25) is 0 Å². The summed E-state index contributed by atoms with van der Waals surface area (Å²) in [6.07, 6.45) is 8.90. The number of carbonyl (C=O) groups is 7. The minimum absolute atomic E-state index is 0. The van der Waals surface area contributed by atoms with E-state index in [1.165, 1.54) is 32.6 Å². The third-order valence-electron chi connectivity index (χ3n) is 17.7. The van der Waals surface area contributed by atoms with Gasteiger partial charge in [0, 0.05) is 90.1 Å². The molecule has 0 fully saturated rings. The first kappa shape index (κ1) is 84.7. The topological polar surface area (TPSA) is 509 Å². The second-order valence-corrected chi connectivity index (χ2v) is 27.8. The summed E-state index contributed by atoms with van der Waals surface area (Å²) < 4.78 is 9.64. The Morgan fingerprint density at radius 2 is 0.737 bits per heavy atom. The Morgan fingerprint density at radius 3 is 1.01 bits per heavy atom. The van der Waals surface area contributed by atoms with Crippen LogP contribution in [0.15, 0.2) is 110 Å². The zero-order chi connectivity index (χ0) is 81.3. The van der Waals surface area contributed by atoms with E-state index < -0.39 is 47.1 Å². The highest BCUT2D eigenvalue weighted by atomic mass is 16.6. The molecule has 14 N–H and O–H groups in total. The van der Waals surface area contributed by atoms with Crippen molar-refractivity contribution < 1.29 is 38.3 Å². The summed E-state index contributed by atoms with van der Waals surface area (Å²) in [5, 5.41) is 54.9. The van der Waals surface area contributed by atoms with E-state index in [-0.39, 0.29) is 87.9 Å². The van der Waals surface area contributed by atoms with Crippen molar-refractivity contribution in [2.24, 2.45) is 17.2 Å². The number of aryl methyl sites for hydroxylation is 9. The third-order valence-corrected chi connectivity index (χ3v) is 17.7. The number of nitrogens with zero attached hydrogens (tertiary/aromatic N) is 15. The van der Waals surface area contributed by atoms with Crippen molar-refractivity contribution in [3.8, 4) is 18.2 Å². The van der Waals surface area contributed by atoms with Crippen LogP contribution in [0.3, 0.4) is 0 Å². The molecule has 12 aromatic rings. The van der Waals surface area contributed by atoms with Crippen molar-refractivity contribution in [1.82, 2.24) is 75.2 Å². The number of hydrogen-bond acceptors (Lipinski definition) is 22. The summed E-state index contributed by atoms with van der Waals surface area (Å²) in [5.74, 6) is -2.85. The molecule has 3 aromatic carbocycles. The number of ether oxygens (including phenoxy) is 1. The lowest BCUT2D eigenvalue weighted by atomic mass is 10.0. The predicted molar refractivity (Wildman–Crippen MR) is 430 cm³/mol. The highest BCUT2D eigenvalue weighted by Gasteiger charge is 2.26. The molecular formula is C82H88N24O8. The van der Waals surface area contributed by atoms with Gasteiger partial charge in [0.25, 0.3) is 35.4 Å². The summed E-state index contributed by atoms with van der Waals surface area (Å²) in [5.41, 5.74) is 42.4. The van der Waals surface area contributed by atoms with Crippen molar-refractivity contribution in [2.75, 3.05) is 16.8 Å². The Balaban J connectivity index is 0.000000213. The monoisotopic (exact) mass is 1540 g/mol. The Morgan fingerprint density at radius 1 is 0.439 bits per heavy atom. The van der Waals surface area contributed by atoms with Crippen LogP contribution < -0.4 is 49.9 Å². The molecule has 0 saturated carbocycles. The van der Waals surface area contributed by atoms with Crippen LogP contribution in [0.25, 0.3) is 32.7 Å². The molecule has 32 nitrogen and oxygen atoms in total. The molecule has 9 aromatic heterocycles. The molecule has 0 radical (unpaired) electrons. The summed E-state index contributed by atoms with van der Waals surface area (Å²) in [6, 6.07) is 28.3. The molecule has 7 amide bonds. The lowest BCUT2D eigenvalue weighted by molar-refractivity contribution is 0.0634. The zero-order valence-corrected chi connectivity index (χ0v) is 63.5. The zero-order valence-electron chi connectivity index (χ0n) is 63.5. The summed E-state index contributed by atoms with van der Waals surface area (Å²) in [7, 11) is 0.